The lowest BCUT2D eigenvalue weighted by molar-refractivity contribution is 0.410. The normalized spacial score (nSPS) is 11.0. The third kappa shape index (κ3) is 6.09. The van der Waals surface area contributed by atoms with Gasteiger partial charge in [0.15, 0.2) is 5.96 Å². The van der Waals surface area contributed by atoms with E-state index in [-0.39, 0.29) is 24.0 Å². The molecule has 0 saturated carbocycles. The third-order valence-corrected chi connectivity index (χ3v) is 2.29. The van der Waals surface area contributed by atoms with Gasteiger partial charge in [-0.3, -0.25) is 4.99 Å². The Morgan fingerprint density at radius 3 is 2.67 bits per heavy atom. The summed E-state index contributed by atoms with van der Waals surface area (Å²) in [6.45, 7) is 4.72. The molecule has 0 fully saturated rings. The highest BCUT2D eigenvalue weighted by molar-refractivity contribution is 14.0. The van der Waals surface area contributed by atoms with Gasteiger partial charge in [0, 0.05) is 12.6 Å². The molecule has 18 heavy (non-hydrogen) atoms. The molecule has 0 spiro atoms. The number of hydrogen-bond acceptors (Lipinski definition) is 2. The summed E-state index contributed by atoms with van der Waals surface area (Å²) in [6.07, 6.45) is 0.824. The fourth-order valence-electron chi connectivity index (χ4n) is 1.55. The van der Waals surface area contributed by atoms with E-state index in [2.05, 4.69) is 10.3 Å². The minimum Gasteiger partial charge on any atom is -0.496 e. The van der Waals surface area contributed by atoms with E-state index >= 15 is 0 Å². The molecule has 0 amide bonds. The molecule has 5 heteroatoms. The van der Waals surface area contributed by atoms with Crippen LogP contribution in [0, 0.1) is 0 Å². The molecule has 102 valence electrons. The van der Waals surface area contributed by atoms with Gasteiger partial charge < -0.3 is 15.8 Å². The van der Waals surface area contributed by atoms with E-state index in [0.29, 0.717) is 18.5 Å². The van der Waals surface area contributed by atoms with Crippen molar-refractivity contribution < 1.29 is 4.74 Å². The van der Waals surface area contributed by atoms with Crippen LogP contribution in [0.5, 0.6) is 5.75 Å². The number of ether oxygens (including phenoxy) is 1. The van der Waals surface area contributed by atoms with Gasteiger partial charge in [-0.2, -0.15) is 0 Å². The molecule has 0 saturated heterocycles. The summed E-state index contributed by atoms with van der Waals surface area (Å²) in [6, 6.07) is 8.26. The maximum atomic E-state index is 5.72. The van der Waals surface area contributed by atoms with Crippen molar-refractivity contribution in [1.29, 1.82) is 0 Å². The van der Waals surface area contributed by atoms with Crippen LogP contribution in [0.1, 0.15) is 19.4 Å². The maximum Gasteiger partial charge on any atom is 0.188 e. The Labute approximate surface area is 126 Å². The zero-order valence-corrected chi connectivity index (χ0v) is 13.5. The van der Waals surface area contributed by atoms with Gasteiger partial charge in [-0.05, 0) is 31.9 Å². The molecule has 0 aliphatic rings. The van der Waals surface area contributed by atoms with Gasteiger partial charge in [-0.25, -0.2) is 0 Å². The second-order valence-corrected chi connectivity index (χ2v) is 4.13. The molecule has 0 heterocycles. The highest BCUT2D eigenvalue weighted by Gasteiger charge is 2.01. The maximum absolute atomic E-state index is 5.72. The van der Waals surface area contributed by atoms with E-state index in [0.717, 1.165) is 17.7 Å². The first-order valence-corrected chi connectivity index (χ1v) is 5.82. The Balaban J connectivity index is 0.00000289. The molecule has 0 aliphatic carbocycles. The van der Waals surface area contributed by atoms with Crippen molar-refractivity contribution in [2.24, 2.45) is 10.7 Å². The predicted molar refractivity (Wildman–Crippen MR) is 86.9 cm³/mol. The van der Waals surface area contributed by atoms with Crippen LogP contribution in [0.2, 0.25) is 0 Å². The van der Waals surface area contributed by atoms with Gasteiger partial charge in [-0.1, -0.05) is 18.2 Å². The van der Waals surface area contributed by atoms with Gasteiger partial charge in [0.1, 0.15) is 5.75 Å². The Bertz CT molecular complexity index is 380. The summed E-state index contributed by atoms with van der Waals surface area (Å²) in [5, 5.41) is 3.05. The zero-order chi connectivity index (χ0) is 12.7. The third-order valence-electron chi connectivity index (χ3n) is 2.29. The molecule has 0 aliphatic heterocycles. The number of halogens is 1. The van der Waals surface area contributed by atoms with Crippen LogP contribution in [0.25, 0.3) is 0 Å². The quantitative estimate of drug-likeness (QED) is 0.479. The Kier molecular flexibility index (Phi) is 8.53. The van der Waals surface area contributed by atoms with Crippen molar-refractivity contribution in [1.82, 2.24) is 5.32 Å². The van der Waals surface area contributed by atoms with Gasteiger partial charge >= 0.3 is 0 Å². The summed E-state index contributed by atoms with van der Waals surface area (Å²) in [4.78, 5) is 4.26. The van der Waals surface area contributed by atoms with Crippen LogP contribution >= 0.6 is 24.0 Å². The standard InChI is InChI=1S/C13H21N3O.HI/c1-10(2)16-13(14)15-9-8-11-6-4-5-7-12(11)17-3;/h4-7,10H,8-9H2,1-3H3,(H3,14,15,16);1H. The van der Waals surface area contributed by atoms with E-state index in [9.17, 15) is 0 Å². The first-order chi connectivity index (χ1) is 8.13. The molecule has 1 aromatic rings. The van der Waals surface area contributed by atoms with Gasteiger partial charge in [-0.15, -0.1) is 24.0 Å². The number of nitrogens with one attached hydrogen (secondary N) is 1. The molecule has 0 aromatic heterocycles. The van der Waals surface area contributed by atoms with Crippen molar-refractivity contribution in [3.63, 3.8) is 0 Å². The molecule has 4 nitrogen and oxygen atoms in total. The highest BCUT2D eigenvalue weighted by Crippen LogP contribution is 2.17. The molecule has 0 bridgehead atoms. The molecule has 0 atom stereocenters. The number of nitrogens with two attached hydrogens (primary N) is 1. The summed E-state index contributed by atoms with van der Waals surface area (Å²) in [5.74, 6) is 1.40. The lowest BCUT2D eigenvalue weighted by Crippen LogP contribution is -2.36. The Morgan fingerprint density at radius 2 is 2.06 bits per heavy atom. The number of para-hydroxylation sites is 1. The molecular weight excluding hydrogens is 341 g/mol. The minimum atomic E-state index is 0. The average Bonchev–Trinajstić information content (AvgIpc) is 2.28. The van der Waals surface area contributed by atoms with Crippen LogP contribution in [-0.4, -0.2) is 25.7 Å². The van der Waals surface area contributed by atoms with Crippen LogP contribution in [0.3, 0.4) is 0 Å². The topological polar surface area (TPSA) is 59.6 Å². The average molecular weight is 363 g/mol. The Hall–Kier alpha value is -0.980. The van der Waals surface area contributed by atoms with Crippen molar-refractivity contribution in [2.45, 2.75) is 26.3 Å². The number of guanidine groups is 1. The van der Waals surface area contributed by atoms with Gasteiger partial charge in [0.2, 0.25) is 0 Å². The summed E-state index contributed by atoms with van der Waals surface area (Å²) >= 11 is 0. The van der Waals surface area contributed by atoms with Crippen LogP contribution in [0.4, 0.5) is 0 Å². The van der Waals surface area contributed by atoms with E-state index < -0.39 is 0 Å². The number of aliphatic imine (C=N–C) groups is 1. The van der Waals surface area contributed by atoms with Crippen molar-refractivity contribution in [3.8, 4) is 5.75 Å². The smallest absolute Gasteiger partial charge is 0.188 e. The lowest BCUT2D eigenvalue weighted by atomic mass is 10.1. The number of benzene rings is 1. The molecule has 1 rings (SSSR count). The number of nitrogens with zero attached hydrogens (tertiary/aromatic N) is 1. The monoisotopic (exact) mass is 363 g/mol. The fourth-order valence-corrected chi connectivity index (χ4v) is 1.55. The number of methoxy groups -OCH3 is 1. The van der Waals surface area contributed by atoms with Crippen molar-refractivity contribution in [3.05, 3.63) is 29.8 Å². The Morgan fingerprint density at radius 1 is 1.39 bits per heavy atom. The second-order valence-electron chi connectivity index (χ2n) is 4.13. The largest absolute Gasteiger partial charge is 0.496 e. The summed E-state index contributed by atoms with van der Waals surface area (Å²) < 4.78 is 5.27. The fraction of sp³-hybridized carbons (Fsp3) is 0.462. The lowest BCUT2D eigenvalue weighted by Gasteiger charge is -2.09. The molecule has 3 N–H and O–H groups in total. The predicted octanol–water partition coefficient (Wildman–Crippen LogP) is 2.17. The number of hydrogen-bond donors (Lipinski definition) is 2. The van der Waals surface area contributed by atoms with Crippen molar-refractivity contribution >= 4 is 29.9 Å². The highest BCUT2D eigenvalue weighted by atomic mass is 127. The van der Waals surface area contributed by atoms with Gasteiger partial charge in [0.25, 0.3) is 0 Å². The summed E-state index contributed by atoms with van der Waals surface area (Å²) in [5.41, 5.74) is 6.87. The zero-order valence-electron chi connectivity index (χ0n) is 11.1. The molecular formula is C13H22IN3O. The first kappa shape index (κ1) is 17.0. The van der Waals surface area contributed by atoms with E-state index in [1.807, 2.05) is 38.1 Å². The SMILES string of the molecule is COc1ccccc1CCN=C(N)NC(C)C.I. The van der Waals surface area contributed by atoms with E-state index in [4.69, 9.17) is 10.5 Å². The minimum absolute atomic E-state index is 0. The number of rotatable bonds is 5. The second kappa shape index (κ2) is 9.02. The van der Waals surface area contributed by atoms with Crippen LogP contribution in [-0.2, 0) is 6.42 Å². The molecule has 1 aromatic carbocycles. The first-order valence-electron chi connectivity index (χ1n) is 5.82. The van der Waals surface area contributed by atoms with Crippen LogP contribution in [0.15, 0.2) is 29.3 Å². The van der Waals surface area contributed by atoms with E-state index in [1.165, 1.54) is 0 Å². The molecule has 0 unspecified atom stereocenters. The summed E-state index contributed by atoms with van der Waals surface area (Å²) in [7, 11) is 1.68. The van der Waals surface area contributed by atoms with Crippen molar-refractivity contribution in [2.75, 3.05) is 13.7 Å². The van der Waals surface area contributed by atoms with Gasteiger partial charge in [0.05, 0.1) is 7.11 Å². The van der Waals surface area contributed by atoms with E-state index in [1.54, 1.807) is 7.11 Å². The van der Waals surface area contributed by atoms with Crippen LogP contribution < -0.4 is 15.8 Å². The molecule has 0 radical (unpaired) electrons.